The second-order valence-corrected chi connectivity index (χ2v) is 8.78. The summed E-state index contributed by atoms with van der Waals surface area (Å²) in [6.45, 7) is -0.0203. The van der Waals surface area contributed by atoms with Gasteiger partial charge in [-0.2, -0.15) is 4.98 Å². The number of hydrogen-bond acceptors (Lipinski definition) is 7. The summed E-state index contributed by atoms with van der Waals surface area (Å²) in [5.74, 6) is -0.726. The number of aromatic nitrogens is 3. The van der Waals surface area contributed by atoms with E-state index >= 15 is 0 Å². The normalized spacial score (nSPS) is 10.7. The molecule has 206 valence electrons. The van der Waals surface area contributed by atoms with E-state index in [1.54, 1.807) is 61.7 Å². The molecule has 12 heteroatoms. The summed E-state index contributed by atoms with van der Waals surface area (Å²) >= 11 is 0. The van der Waals surface area contributed by atoms with Gasteiger partial charge < -0.3 is 15.8 Å². The summed E-state index contributed by atoms with van der Waals surface area (Å²) in [7, 11) is 1.55. The quantitative estimate of drug-likeness (QED) is 0.204. The zero-order valence-electron chi connectivity index (χ0n) is 21.7. The summed E-state index contributed by atoms with van der Waals surface area (Å²) < 4.78 is 20.8. The van der Waals surface area contributed by atoms with Crippen LogP contribution in [0.15, 0.2) is 88.5 Å². The third-order valence-electron chi connectivity index (χ3n) is 6.08. The monoisotopic (exact) mass is 545 g/mol. The lowest BCUT2D eigenvalue weighted by Crippen LogP contribution is -2.45. The van der Waals surface area contributed by atoms with Crippen molar-refractivity contribution in [1.29, 1.82) is 5.41 Å². The molecule has 0 spiro atoms. The van der Waals surface area contributed by atoms with Crippen molar-refractivity contribution >= 4 is 17.8 Å². The van der Waals surface area contributed by atoms with Crippen LogP contribution in [-0.2, 0) is 13.1 Å². The number of amides is 1. The van der Waals surface area contributed by atoms with Crippen LogP contribution in [0.5, 0.6) is 5.75 Å². The van der Waals surface area contributed by atoms with Crippen LogP contribution >= 0.6 is 0 Å². The predicted molar refractivity (Wildman–Crippen MR) is 148 cm³/mol. The van der Waals surface area contributed by atoms with Gasteiger partial charge in [-0.15, -0.1) is 0 Å². The molecule has 4 N–H and O–H groups in total. The highest BCUT2D eigenvalue weighted by Gasteiger charge is 2.19. The molecule has 0 unspecified atom stereocenters. The molecular formula is C28H28FN7O4. The molecule has 0 radical (unpaired) electrons. The number of rotatable bonds is 10. The molecule has 1 aromatic heterocycles. The number of carbonyl (C=O) groups excluding carboxylic acids is 1. The third kappa shape index (κ3) is 6.59. The van der Waals surface area contributed by atoms with Gasteiger partial charge in [-0.1, -0.05) is 42.5 Å². The molecule has 1 amide bonds. The summed E-state index contributed by atoms with van der Waals surface area (Å²) in [6, 6.07) is 20.9. The van der Waals surface area contributed by atoms with E-state index < -0.39 is 29.1 Å². The van der Waals surface area contributed by atoms with E-state index in [2.05, 4.69) is 10.3 Å². The first-order valence-corrected chi connectivity index (χ1v) is 12.3. The standard InChI is InChI=1S/C28H28FN7O4/c1-40-23-13-9-20(10-14-23)17-35-26(32-15-16-34(25(30)31)24(37)21-5-3-2-4-6-21)33-27(38)36(28(35)39)18-19-7-11-22(29)12-8-19/h2-14H,15-18H2,1H3,(H3,30,31)(H,32,33,38). The number of benzene rings is 3. The largest absolute Gasteiger partial charge is 0.497 e. The molecule has 0 atom stereocenters. The SMILES string of the molecule is COc1ccc(Cn2c(NCCN(C(=N)N)C(=O)c3ccccc3)nc(=O)n(Cc3ccc(F)cc3)c2=O)cc1. The number of nitrogens with zero attached hydrogens (tertiary/aromatic N) is 4. The molecule has 4 rings (SSSR count). The lowest BCUT2D eigenvalue weighted by molar-refractivity contribution is 0.0848. The van der Waals surface area contributed by atoms with Gasteiger partial charge in [0.1, 0.15) is 11.6 Å². The van der Waals surface area contributed by atoms with E-state index in [1.165, 1.54) is 28.8 Å². The predicted octanol–water partition coefficient (Wildman–Crippen LogP) is 2.10. The minimum absolute atomic E-state index is 0.0168. The van der Waals surface area contributed by atoms with Crippen molar-refractivity contribution in [1.82, 2.24) is 19.0 Å². The number of guanidine groups is 1. The number of methoxy groups -OCH3 is 1. The minimum Gasteiger partial charge on any atom is -0.497 e. The van der Waals surface area contributed by atoms with Crippen LogP contribution in [0.25, 0.3) is 0 Å². The highest BCUT2D eigenvalue weighted by molar-refractivity contribution is 6.04. The van der Waals surface area contributed by atoms with Gasteiger partial charge >= 0.3 is 11.4 Å². The van der Waals surface area contributed by atoms with Crippen molar-refractivity contribution < 1.29 is 13.9 Å². The van der Waals surface area contributed by atoms with Gasteiger partial charge in [0.05, 0.1) is 20.2 Å². The van der Waals surface area contributed by atoms with Crippen molar-refractivity contribution in [3.63, 3.8) is 0 Å². The molecule has 0 fully saturated rings. The maximum Gasteiger partial charge on any atom is 0.355 e. The average Bonchev–Trinajstić information content (AvgIpc) is 2.96. The molecule has 11 nitrogen and oxygen atoms in total. The molecule has 0 bridgehead atoms. The van der Waals surface area contributed by atoms with E-state index in [9.17, 15) is 18.8 Å². The maximum absolute atomic E-state index is 13.5. The van der Waals surface area contributed by atoms with E-state index in [4.69, 9.17) is 15.9 Å². The Bertz CT molecular complexity index is 1600. The average molecular weight is 546 g/mol. The number of halogens is 1. The summed E-state index contributed by atoms with van der Waals surface area (Å²) in [6.07, 6.45) is 0. The molecule has 3 aromatic carbocycles. The first kappa shape index (κ1) is 27.8. The summed E-state index contributed by atoms with van der Waals surface area (Å²) in [4.78, 5) is 44.5. The van der Waals surface area contributed by atoms with Crippen LogP contribution in [0.3, 0.4) is 0 Å². The van der Waals surface area contributed by atoms with Crippen molar-refractivity contribution in [2.75, 3.05) is 25.5 Å². The first-order chi connectivity index (χ1) is 19.3. The number of nitrogens with two attached hydrogens (primary N) is 1. The van der Waals surface area contributed by atoms with Gasteiger partial charge in [0.15, 0.2) is 5.96 Å². The summed E-state index contributed by atoms with van der Waals surface area (Å²) in [5.41, 5.74) is 5.88. The minimum atomic E-state index is -0.799. The highest BCUT2D eigenvalue weighted by Crippen LogP contribution is 2.13. The maximum atomic E-state index is 13.5. The van der Waals surface area contributed by atoms with Crippen LogP contribution in [0.4, 0.5) is 10.3 Å². The van der Waals surface area contributed by atoms with Crippen LogP contribution in [0, 0.1) is 11.2 Å². The Balaban J connectivity index is 1.62. The van der Waals surface area contributed by atoms with Gasteiger partial charge in [-0.05, 0) is 47.5 Å². The Morgan fingerprint density at radius 1 is 0.975 bits per heavy atom. The highest BCUT2D eigenvalue weighted by atomic mass is 19.1. The van der Waals surface area contributed by atoms with E-state index in [0.717, 1.165) is 15.0 Å². The fourth-order valence-electron chi connectivity index (χ4n) is 3.98. The Hall–Kier alpha value is -5.26. The molecule has 0 aliphatic heterocycles. The Kier molecular flexibility index (Phi) is 8.69. The van der Waals surface area contributed by atoms with Gasteiger partial charge in [0, 0.05) is 18.7 Å². The van der Waals surface area contributed by atoms with Gasteiger partial charge in [0.2, 0.25) is 5.95 Å². The number of ether oxygens (including phenoxy) is 1. The van der Waals surface area contributed by atoms with Crippen molar-refractivity contribution in [3.8, 4) is 5.75 Å². The van der Waals surface area contributed by atoms with Gasteiger partial charge in [-0.25, -0.2) is 18.5 Å². The molecule has 40 heavy (non-hydrogen) atoms. The van der Waals surface area contributed by atoms with E-state index in [1.807, 2.05) is 0 Å². The van der Waals surface area contributed by atoms with Gasteiger partial charge in [0.25, 0.3) is 5.91 Å². The molecule has 0 aliphatic rings. The van der Waals surface area contributed by atoms with E-state index in [-0.39, 0.29) is 32.1 Å². The third-order valence-corrected chi connectivity index (χ3v) is 6.08. The van der Waals surface area contributed by atoms with Crippen LogP contribution in [0.2, 0.25) is 0 Å². The van der Waals surface area contributed by atoms with Crippen LogP contribution in [-0.4, -0.2) is 51.1 Å². The number of nitrogens with one attached hydrogen (secondary N) is 2. The molecule has 0 aliphatic carbocycles. The fourth-order valence-corrected chi connectivity index (χ4v) is 3.98. The number of anilines is 1. The van der Waals surface area contributed by atoms with Crippen molar-refractivity contribution in [2.24, 2.45) is 5.73 Å². The summed E-state index contributed by atoms with van der Waals surface area (Å²) in [5, 5.41) is 10.8. The Morgan fingerprint density at radius 2 is 1.57 bits per heavy atom. The number of hydrogen-bond donors (Lipinski definition) is 3. The van der Waals surface area contributed by atoms with Crippen molar-refractivity contribution in [2.45, 2.75) is 13.1 Å². The molecule has 0 saturated heterocycles. The Labute approximate surface area is 228 Å². The topological polar surface area (TPSA) is 148 Å². The lowest BCUT2D eigenvalue weighted by atomic mass is 10.2. The second kappa shape index (κ2) is 12.5. The van der Waals surface area contributed by atoms with Crippen LogP contribution in [0.1, 0.15) is 21.5 Å². The van der Waals surface area contributed by atoms with Crippen molar-refractivity contribution in [3.05, 3.63) is 122 Å². The second-order valence-electron chi connectivity index (χ2n) is 8.78. The smallest absolute Gasteiger partial charge is 0.355 e. The van der Waals surface area contributed by atoms with Crippen LogP contribution < -0.4 is 27.2 Å². The number of carbonyl (C=O) groups is 1. The molecular weight excluding hydrogens is 517 g/mol. The zero-order chi connectivity index (χ0) is 28.6. The molecule has 0 saturated carbocycles. The van der Waals surface area contributed by atoms with E-state index in [0.29, 0.717) is 16.9 Å². The zero-order valence-corrected chi connectivity index (χ0v) is 21.7. The fraction of sp³-hybridized carbons (Fsp3) is 0.179. The molecule has 1 heterocycles. The Morgan fingerprint density at radius 3 is 2.17 bits per heavy atom. The first-order valence-electron chi connectivity index (χ1n) is 12.3. The molecule has 4 aromatic rings. The lowest BCUT2D eigenvalue weighted by Gasteiger charge is -2.22. The van der Waals surface area contributed by atoms with Gasteiger partial charge in [-0.3, -0.25) is 19.7 Å².